The van der Waals surface area contributed by atoms with Crippen LogP contribution in [0.25, 0.3) is 11.3 Å². The molecule has 0 aromatic carbocycles. The summed E-state index contributed by atoms with van der Waals surface area (Å²) in [6.07, 6.45) is 6.64. The molecule has 32 heavy (non-hydrogen) atoms. The van der Waals surface area contributed by atoms with E-state index in [4.69, 9.17) is 9.26 Å². The van der Waals surface area contributed by atoms with Crippen LogP contribution in [0.4, 0.5) is 4.79 Å². The summed E-state index contributed by atoms with van der Waals surface area (Å²) in [5.74, 6) is 1.28. The number of aryl methyl sites for hydroxylation is 2. The monoisotopic (exact) mass is 433 g/mol. The molecule has 3 aromatic rings. The van der Waals surface area contributed by atoms with Crippen LogP contribution < -0.4 is 4.74 Å². The molecular formula is C24H27N5O3. The molecule has 8 heteroatoms. The minimum Gasteiger partial charge on any atom is -0.473 e. The normalized spacial score (nSPS) is 15.7. The van der Waals surface area contributed by atoms with Crippen molar-refractivity contribution in [1.82, 2.24) is 24.9 Å². The summed E-state index contributed by atoms with van der Waals surface area (Å²) in [5.41, 5.74) is 5.74. The number of aromatic nitrogens is 3. The molecule has 0 bridgehead atoms. The van der Waals surface area contributed by atoms with Gasteiger partial charge in [0.05, 0.1) is 5.56 Å². The second-order valence-electron chi connectivity index (χ2n) is 8.48. The third kappa shape index (κ3) is 4.04. The maximum Gasteiger partial charge on any atom is 0.320 e. The molecule has 8 nitrogen and oxygen atoms in total. The van der Waals surface area contributed by atoms with E-state index in [9.17, 15) is 4.79 Å². The second kappa shape index (κ2) is 8.61. The van der Waals surface area contributed by atoms with Gasteiger partial charge < -0.3 is 19.1 Å². The molecule has 0 aliphatic carbocycles. The smallest absolute Gasteiger partial charge is 0.320 e. The summed E-state index contributed by atoms with van der Waals surface area (Å²) in [4.78, 5) is 25.4. The fraction of sp³-hybridized carbons (Fsp3) is 0.417. The van der Waals surface area contributed by atoms with Gasteiger partial charge in [-0.05, 0) is 56.4 Å². The van der Waals surface area contributed by atoms with Gasteiger partial charge in [0.2, 0.25) is 5.88 Å². The summed E-state index contributed by atoms with van der Waals surface area (Å²) < 4.78 is 11.4. The van der Waals surface area contributed by atoms with Gasteiger partial charge in [-0.3, -0.25) is 4.98 Å². The van der Waals surface area contributed by atoms with Crippen LogP contribution in [0.1, 0.15) is 41.0 Å². The van der Waals surface area contributed by atoms with Crippen molar-refractivity contribution in [3.8, 4) is 17.1 Å². The summed E-state index contributed by atoms with van der Waals surface area (Å²) in [7, 11) is 0. The molecule has 3 aromatic heterocycles. The van der Waals surface area contributed by atoms with E-state index in [2.05, 4.69) is 15.1 Å². The van der Waals surface area contributed by atoms with E-state index in [-0.39, 0.29) is 6.03 Å². The summed E-state index contributed by atoms with van der Waals surface area (Å²) in [6.45, 7) is 7.21. The lowest BCUT2D eigenvalue weighted by Gasteiger charge is -2.32. The van der Waals surface area contributed by atoms with Crippen LogP contribution >= 0.6 is 0 Å². The zero-order chi connectivity index (χ0) is 22.1. The maximum absolute atomic E-state index is 12.7. The third-order valence-corrected chi connectivity index (χ3v) is 6.25. The highest BCUT2D eigenvalue weighted by Crippen LogP contribution is 2.27. The quantitative estimate of drug-likeness (QED) is 0.620. The average Bonchev–Trinajstić information content (AvgIpc) is 3.47. The first-order valence-corrected chi connectivity index (χ1v) is 11.1. The molecular weight excluding hydrogens is 406 g/mol. The first-order chi connectivity index (χ1) is 15.6. The molecule has 0 radical (unpaired) electrons. The fourth-order valence-corrected chi connectivity index (χ4v) is 4.31. The molecule has 2 amide bonds. The highest BCUT2D eigenvalue weighted by atomic mass is 16.5. The van der Waals surface area contributed by atoms with Crippen molar-refractivity contribution in [3.63, 3.8) is 0 Å². The summed E-state index contributed by atoms with van der Waals surface area (Å²) in [6, 6.07) is 6.07. The van der Waals surface area contributed by atoms with E-state index in [0.717, 1.165) is 72.7 Å². The SMILES string of the molecule is Cc1ccc(-c2noc(C)c2COc2cc3c(cn2)CN(C(=O)N2CCCC2)CC3)cn1. The molecule has 0 spiro atoms. The van der Waals surface area contributed by atoms with E-state index in [1.165, 1.54) is 5.56 Å². The maximum atomic E-state index is 12.7. The van der Waals surface area contributed by atoms with E-state index < -0.39 is 0 Å². The van der Waals surface area contributed by atoms with Crippen LogP contribution in [0, 0.1) is 13.8 Å². The standard InChI is InChI=1S/C24H27N5O3/c1-16-5-6-19(12-25-16)23-21(17(2)32-27-23)15-31-22-11-18-7-10-29(14-20(18)13-26-22)24(30)28-8-3-4-9-28/h5-6,11-13H,3-4,7-10,14-15H2,1-2H3. The molecule has 0 unspecified atom stereocenters. The predicted molar refractivity (Wildman–Crippen MR) is 118 cm³/mol. The van der Waals surface area contributed by atoms with Gasteiger partial charge in [0.15, 0.2) is 0 Å². The van der Waals surface area contributed by atoms with Crippen LogP contribution in [-0.4, -0.2) is 50.6 Å². The Kier molecular flexibility index (Phi) is 5.51. The fourth-order valence-electron chi connectivity index (χ4n) is 4.31. The molecule has 1 fully saturated rings. The first kappa shape index (κ1) is 20.5. The minimum atomic E-state index is 0.148. The molecule has 0 atom stereocenters. The molecule has 0 saturated carbocycles. The minimum absolute atomic E-state index is 0.148. The van der Waals surface area contributed by atoms with Crippen LogP contribution in [0.3, 0.4) is 0 Å². The Morgan fingerprint density at radius 1 is 1.06 bits per heavy atom. The number of urea groups is 1. The van der Waals surface area contributed by atoms with Crippen molar-refractivity contribution < 1.29 is 14.1 Å². The van der Waals surface area contributed by atoms with Crippen molar-refractivity contribution in [2.45, 2.75) is 46.3 Å². The van der Waals surface area contributed by atoms with Crippen molar-refractivity contribution in [2.24, 2.45) is 0 Å². The number of carbonyl (C=O) groups is 1. The second-order valence-corrected chi connectivity index (χ2v) is 8.48. The number of pyridine rings is 2. The van der Waals surface area contributed by atoms with Gasteiger partial charge >= 0.3 is 6.03 Å². The Morgan fingerprint density at radius 2 is 1.91 bits per heavy atom. The molecule has 2 aliphatic heterocycles. The third-order valence-electron chi connectivity index (χ3n) is 6.25. The molecule has 1 saturated heterocycles. The Labute approximate surface area is 187 Å². The number of carbonyl (C=O) groups excluding carboxylic acids is 1. The first-order valence-electron chi connectivity index (χ1n) is 11.1. The van der Waals surface area contributed by atoms with Gasteiger partial charge in [0.1, 0.15) is 18.1 Å². The number of fused-ring (bicyclic) bond motifs is 1. The lowest BCUT2D eigenvalue weighted by molar-refractivity contribution is 0.157. The van der Waals surface area contributed by atoms with Gasteiger partial charge in [-0.15, -0.1) is 0 Å². The number of hydrogen-bond donors (Lipinski definition) is 0. The number of rotatable bonds is 4. The van der Waals surface area contributed by atoms with E-state index in [0.29, 0.717) is 19.0 Å². The average molecular weight is 434 g/mol. The molecule has 166 valence electrons. The highest BCUT2D eigenvalue weighted by molar-refractivity contribution is 5.75. The van der Waals surface area contributed by atoms with Gasteiger partial charge in [-0.25, -0.2) is 9.78 Å². The van der Waals surface area contributed by atoms with Crippen LogP contribution in [-0.2, 0) is 19.6 Å². The Balaban J connectivity index is 1.27. The summed E-state index contributed by atoms with van der Waals surface area (Å²) in [5, 5.41) is 4.20. The van der Waals surface area contributed by atoms with Crippen LogP contribution in [0.15, 0.2) is 35.1 Å². The van der Waals surface area contributed by atoms with Gasteiger partial charge in [0, 0.05) is 55.9 Å². The number of ether oxygens (including phenoxy) is 1. The van der Waals surface area contributed by atoms with Gasteiger partial charge in [-0.1, -0.05) is 5.16 Å². The largest absolute Gasteiger partial charge is 0.473 e. The zero-order valence-corrected chi connectivity index (χ0v) is 18.5. The number of likely N-dealkylation sites (tertiary alicyclic amines) is 1. The van der Waals surface area contributed by atoms with Crippen LogP contribution in [0.2, 0.25) is 0 Å². The topological polar surface area (TPSA) is 84.6 Å². The molecule has 5 heterocycles. The Morgan fingerprint density at radius 3 is 2.69 bits per heavy atom. The van der Waals surface area contributed by atoms with Gasteiger partial charge in [-0.2, -0.15) is 0 Å². The van der Waals surface area contributed by atoms with Crippen molar-refractivity contribution in [1.29, 1.82) is 0 Å². The number of amides is 2. The van der Waals surface area contributed by atoms with Crippen LogP contribution in [0.5, 0.6) is 5.88 Å². The van der Waals surface area contributed by atoms with Crippen molar-refractivity contribution in [2.75, 3.05) is 19.6 Å². The van der Waals surface area contributed by atoms with E-state index in [1.807, 2.05) is 48.0 Å². The van der Waals surface area contributed by atoms with Crippen molar-refractivity contribution in [3.05, 3.63) is 58.7 Å². The summed E-state index contributed by atoms with van der Waals surface area (Å²) >= 11 is 0. The zero-order valence-electron chi connectivity index (χ0n) is 18.5. The number of hydrogen-bond acceptors (Lipinski definition) is 6. The lowest BCUT2D eigenvalue weighted by Crippen LogP contribution is -2.44. The van der Waals surface area contributed by atoms with Gasteiger partial charge in [0.25, 0.3) is 0 Å². The molecule has 2 aliphatic rings. The van der Waals surface area contributed by atoms with Crippen molar-refractivity contribution >= 4 is 6.03 Å². The Bertz CT molecular complexity index is 1120. The Hall–Kier alpha value is -3.42. The molecule has 5 rings (SSSR count). The van der Waals surface area contributed by atoms with E-state index >= 15 is 0 Å². The van der Waals surface area contributed by atoms with E-state index in [1.54, 1.807) is 6.20 Å². The highest BCUT2D eigenvalue weighted by Gasteiger charge is 2.27. The predicted octanol–water partition coefficient (Wildman–Crippen LogP) is 3.90. The number of nitrogens with zero attached hydrogens (tertiary/aromatic N) is 5. The molecule has 0 N–H and O–H groups in total. The lowest BCUT2D eigenvalue weighted by atomic mass is 10.0.